The van der Waals surface area contributed by atoms with Gasteiger partial charge in [0.15, 0.2) is 5.82 Å². The summed E-state index contributed by atoms with van der Waals surface area (Å²) in [6.45, 7) is 6.57. The standard InChI is InChI=1S/C28H20N2.C26H21N/c1-18-14-15-20-17-21-10-7-12-23(26(21)24(20)16-18)28-29-25-13-6-5-11-22(25)27(30-28)19-8-3-2-4-9-19;1-18-10-6-7-13-21(18)25-19(2)16-17-24-26(25)22-14-8-9-15-23(22)27(24)20-11-4-3-5-12-20/h2-16H,17H2,1H3;3-17H,1-2H3. The van der Waals surface area contributed by atoms with Crippen molar-refractivity contribution >= 4 is 32.7 Å². The lowest BCUT2D eigenvalue weighted by molar-refractivity contribution is 1.18. The lowest BCUT2D eigenvalue weighted by Crippen LogP contribution is -1.97. The highest BCUT2D eigenvalue weighted by Gasteiger charge is 2.24. The zero-order valence-corrected chi connectivity index (χ0v) is 32.4. The van der Waals surface area contributed by atoms with Gasteiger partial charge in [0.05, 0.1) is 22.2 Å². The van der Waals surface area contributed by atoms with Crippen LogP contribution in [0.15, 0.2) is 182 Å². The molecular weight excluding hydrogens is 691 g/mol. The molecule has 0 bridgehead atoms. The molecule has 272 valence electrons. The Bertz CT molecular complexity index is 3120. The van der Waals surface area contributed by atoms with Crippen LogP contribution in [-0.4, -0.2) is 14.5 Å². The average Bonchev–Trinajstić information content (AvgIpc) is 3.80. The van der Waals surface area contributed by atoms with Crippen molar-refractivity contribution in [3.8, 4) is 50.6 Å². The van der Waals surface area contributed by atoms with Crippen LogP contribution in [0.5, 0.6) is 0 Å². The Balaban J connectivity index is 0.000000140. The molecule has 0 aliphatic heterocycles. The Hall–Kier alpha value is -7.10. The van der Waals surface area contributed by atoms with Crippen LogP contribution in [-0.2, 0) is 6.42 Å². The lowest BCUT2D eigenvalue weighted by atomic mass is 9.92. The fourth-order valence-corrected chi connectivity index (χ4v) is 8.77. The molecule has 0 unspecified atom stereocenters. The van der Waals surface area contributed by atoms with Gasteiger partial charge in [0.25, 0.3) is 0 Å². The van der Waals surface area contributed by atoms with Crippen molar-refractivity contribution < 1.29 is 0 Å². The summed E-state index contributed by atoms with van der Waals surface area (Å²) in [5, 5.41) is 3.72. The van der Waals surface area contributed by atoms with E-state index in [4.69, 9.17) is 9.97 Å². The van der Waals surface area contributed by atoms with Gasteiger partial charge in [0.2, 0.25) is 0 Å². The van der Waals surface area contributed by atoms with Gasteiger partial charge < -0.3 is 4.57 Å². The smallest absolute Gasteiger partial charge is 0.161 e. The zero-order valence-electron chi connectivity index (χ0n) is 32.4. The Morgan fingerprint density at radius 2 is 1.16 bits per heavy atom. The molecule has 8 aromatic carbocycles. The summed E-state index contributed by atoms with van der Waals surface area (Å²) in [6.07, 6.45) is 0.970. The molecule has 11 rings (SSSR count). The van der Waals surface area contributed by atoms with Crippen molar-refractivity contribution in [3.05, 3.63) is 210 Å². The minimum atomic E-state index is 0.791. The highest BCUT2D eigenvalue weighted by atomic mass is 15.0. The number of para-hydroxylation sites is 3. The highest BCUT2D eigenvalue weighted by Crippen LogP contribution is 2.44. The average molecular weight is 732 g/mol. The van der Waals surface area contributed by atoms with Gasteiger partial charge in [-0.1, -0.05) is 157 Å². The van der Waals surface area contributed by atoms with E-state index in [9.17, 15) is 0 Å². The summed E-state index contributed by atoms with van der Waals surface area (Å²) in [5.74, 6) is 0.791. The number of fused-ring (bicyclic) bond motifs is 7. The Labute approximate surface area is 333 Å². The second-order valence-corrected chi connectivity index (χ2v) is 15.1. The SMILES string of the molecule is Cc1ccc2c(c1)-c1c(cccc1-c1nc(-c3ccccc3)c3ccccc3n1)C2.Cc1ccccc1-c1c(C)ccc2c1c1ccccc1n2-c1ccccc1. The lowest BCUT2D eigenvalue weighted by Gasteiger charge is -2.13. The first-order valence-corrected chi connectivity index (χ1v) is 19.7. The molecule has 2 aromatic heterocycles. The fraction of sp³-hybridized carbons (Fsp3) is 0.0741. The molecule has 0 saturated heterocycles. The molecule has 1 aliphatic carbocycles. The molecule has 0 atom stereocenters. The second-order valence-electron chi connectivity index (χ2n) is 15.1. The van der Waals surface area contributed by atoms with Gasteiger partial charge in [0, 0.05) is 33.0 Å². The minimum absolute atomic E-state index is 0.791. The van der Waals surface area contributed by atoms with E-state index in [2.05, 4.69) is 195 Å². The third kappa shape index (κ3) is 6.00. The van der Waals surface area contributed by atoms with E-state index >= 15 is 0 Å². The van der Waals surface area contributed by atoms with Gasteiger partial charge in [-0.2, -0.15) is 0 Å². The molecule has 0 N–H and O–H groups in total. The summed E-state index contributed by atoms with van der Waals surface area (Å²) in [5.41, 5.74) is 19.8. The van der Waals surface area contributed by atoms with E-state index in [1.165, 1.54) is 77.6 Å². The fourth-order valence-electron chi connectivity index (χ4n) is 8.77. The summed E-state index contributed by atoms with van der Waals surface area (Å²) >= 11 is 0. The van der Waals surface area contributed by atoms with Gasteiger partial charge in [-0.15, -0.1) is 0 Å². The predicted octanol–water partition coefficient (Wildman–Crippen LogP) is 13.9. The normalized spacial score (nSPS) is 11.7. The topological polar surface area (TPSA) is 30.7 Å². The number of nitrogens with zero attached hydrogens (tertiary/aromatic N) is 3. The molecule has 0 spiro atoms. The van der Waals surface area contributed by atoms with E-state index in [0.29, 0.717) is 0 Å². The van der Waals surface area contributed by atoms with Crippen LogP contribution in [0.2, 0.25) is 0 Å². The first-order chi connectivity index (χ1) is 28.0. The summed E-state index contributed by atoms with van der Waals surface area (Å²) in [6, 6.07) is 64.5. The van der Waals surface area contributed by atoms with Gasteiger partial charge in [-0.25, -0.2) is 9.97 Å². The number of rotatable bonds is 4. The second kappa shape index (κ2) is 14.2. The molecule has 0 saturated carbocycles. The molecule has 1 aliphatic rings. The molecule has 3 heteroatoms. The van der Waals surface area contributed by atoms with Crippen molar-refractivity contribution in [2.75, 3.05) is 0 Å². The third-order valence-corrected chi connectivity index (χ3v) is 11.4. The number of hydrogen-bond donors (Lipinski definition) is 0. The Morgan fingerprint density at radius 1 is 0.456 bits per heavy atom. The summed E-state index contributed by atoms with van der Waals surface area (Å²) in [7, 11) is 0. The van der Waals surface area contributed by atoms with E-state index in [1.54, 1.807) is 0 Å². The van der Waals surface area contributed by atoms with Crippen molar-refractivity contribution in [3.63, 3.8) is 0 Å². The number of benzene rings is 8. The van der Waals surface area contributed by atoms with Crippen molar-refractivity contribution in [2.45, 2.75) is 27.2 Å². The maximum Gasteiger partial charge on any atom is 0.161 e. The number of aromatic nitrogens is 3. The molecular formula is C54H41N3. The maximum atomic E-state index is 5.10. The quantitative estimate of drug-likeness (QED) is 0.180. The van der Waals surface area contributed by atoms with Gasteiger partial charge >= 0.3 is 0 Å². The van der Waals surface area contributed by atoms with Crippen molar-refractivity contribution in [1.82, 2.24) is 14.5 Å². The molecule has 0 amide bonds. The molecule has 10 aromatic rings. The van der Waals surface area contributed by atoms with E-state index < -0.39 is 0 Å². The number of aryl methyl sites for hydroxylation is 3. The van der Waals surface area contributed by atoms with Crippen molar-refractivity contribution in [1.29, 1.82) is 0 Å². The Morgan fingerprint density at radius 3 is 1.98 bits per heavy atom. The first kappa shape index (κ1) is 34.4. The predicted molar refractivity (Wildman–Crippen MR) is 239 cm³/mol. The van der Waals surface area contributed by atoms with Crippen LogP contribution in [0.1, 0.15) is 27.8 Å². The minimum Gasteiger partial charge on any atom is -0.309 e. The number of hydrogen-bond acceptors (Lipinski definition) is 2. The van der Waals surface area contributed by atoms with Crippen LogP contribution < -0.4 is 0 Å². The monoisotopic (exact) mass is 731 g/mol. The highest BCUT2D eigenvalue weighted by molar-refractivity contribution is 6.16. The first-order valence-electron chi connectivity index (χ1n) is 19.7. The molecule has 2 heterocycles. The van der Waals surface area contributed by atoms with E-state index in [-0.39, 0.29) is 0 Å². The van der Waals surface area contributed by atoms with Gasteiger partial charge in [0.1, 0.15) is 0 Å². The van der Waals surface area contributed by atoms with Gasteiger partial charge in [-0.3, -0.25) is 0 Å². The largest absolute Gasteiger partial charge is 0.309 e. The summed E-state index contributed by atoms with van der Waals surface area (Å²) in [4.78, 5) is 10.1. The molecule has 57 heavy (non-hydrogen) atoms. The van der Waals surface area contributed by atoms with Crippen molar-refractivity contribution in [2.24, 2.45) is 0 Å². The summed E-state index contributed by atoms with van der Waals surface area (Å²) < 4.78 is 2.38. The molecule has 0 fully saturated rings. The Kier molecular flexibility index (Phi) is 8.57. The van der Waals surface area contributed by atoms with Crippen LogP contribution in [0, 0.1) is 20.8 Å². The maximum absolute atomic E-state index is 5.10. The van der Waals surface area contributed by atoms with Crippen LogP contribution >= 0.6 is 0 Å². The van der Waals surface area contributed by atoms with Crippen LogP contribution in [0.25, 0.3) is 83.3 Å². The molecule has 0 radical (unpaired) electrons. The third-order valence-electron chi connectivity index (χ3n) is 11.4. The zero-order chi connectivity index (χ0) is 38.5. The van der Waals surface area contributed by atoms with E-state index in [1.807, 2.05) is 12.1 Å². The van der Waals surface area contributed by atoms with E-state index in [0.717, 1.165) is 40.0 Å². The molecule has 3 nitrogen and oxygen atoms in total. The van der Waals surface area contributed by atoms with Gasteiger partial charge in [-0.05, 0) is 102 Å². The van der Waals surface area contributed by atoms with Crippen LogP contribution in [0.3, 0.4) is 0 Å². The van der Waals surface area contributed by atoms with Crippen LogP contribution in [0.4, 0.5) is 0 Å².